The van der Waals surface area contributed by atoms with Crippen molar-refractivity contribution < 1.29 is 9.53 Å². The average Bonchev–Trinajstić information content (AvgIpc) is 2.42. The molecule has 0 aliphatic carbocycles. The molecule has 1 amide bonds. The first-order valence-electron chi connectivity index (χ1n) is 6.48. The summed E-state index contributed by atoms with van der Waals surface area (Å²) in [5.41, 5.74) is 0.432. The van der Waals surface area contributed by atoms with Gasteiger partial charge >= 0.3 is 0 Å². The highest BCUT2D eigenvalue weighted by atomic mass is 35.5. The van der Waals surface area contributed by atoms with Gasteiger partial charge in [0, 0.05) is 24.8 Å². The van der Waals surface area contributed by atoms with Crippen molar-refractivity contribution in [2.24, 2.45) is 5.92 Å². The van der Waals surface area contributed by atoms with E-state index >= 15 is 0 Å². The molecule has 1 aromatic carbocycles. The second kappa shape index (κ2) is 7.13. The van der Waals surface area contributed by atoms with Crippen LogP contribution in [0, 0.1) is 5.92 Å². The molecule has 1 saturated heterocycles. The number of hydrogen-bond donors (Lipinski definition) is 1. The highest BCUT2D eigenvalue weighted by Crippen LogP contribution is 2.21. The first-order valence-corrected chi connectivity index (χ1v) is 7.23. The quantitative estimate of drug-likeness (QED) is 0.924. The van der Waals surface area contributed by atoms with E-state index in [1.54, 1.807) is 18.2 Å². The minimum Gasteiger partial charge on any atom is -0.381 e. The second-order valence-corrected chi connectivity index (χ2v) is 5.57. The van der Waals surface area contributed by atoms with Gasteiger partial charge < -0.3 is 10.1 Å². The van der Waals surface area contributed by atoms with Gasteiger partial charge in [-0.15, -0.1) is 0 Å². The Morgan fingerprint density at radius 2 is 2.05 bits per heavy atom. The maximum Gasteiger partial charge on any atom is 0.252 e. The average molecular weight is 302 g/mol. The molecule has 3 nitrogen and oxygen atoms in total. The molecule has 5 heteroatoms. The van der Waals surface area contributed by atoms with Gasteiger partial charge in [-0.25, -0.2) is 0 Å². The monoisotopic (exact) mass is 301 g/mol. The maximum atomic E-state index is 12.0. The fourth-order valence-electron chi connectivity index (χ4n) is 2.19. The zero-order valence-corrected chi connectivity index (χ0v) is 12.1. The summed E-state index contributed by atoms with van der Waals surface area (Å²) >= 11 is 11.8. The van der Waals surface area contributed by atoms with E-state index in [4.69, 9.17) is 27.9 Å². The van der Waals surface area contributed by atoms with Gasteiger partial charge in [0.2, 0.25) is 0 Å². The van der Waals surface area contributed by atoms with Crippen LogP contribution < -0.4 is 5.32 Å². The van der Waals surface area contributed by atoms with Gasteiger partial charge in [-0.3, -0.25) is 4.79 Å². The minimum atomic E-state index is -0.167. The molecule has 19 heavy (non-hydrogen) atoms. The first-order chi connectivity index (χ1) is 9.16. The Morgan fingerprint density at radius 3 is 2.79 bits per heavy atom. The summed E-state index contributed by atoms with van der Waals surface area (Å²) in [4.78, 5) is 12.0. The van der Waals surface area contributed by atoms with E-state index in [2.05, 4.69) is 5.32 Å². The molecular weight excluding hydrogens is 285 g/mol. The van der Waals surface area contributed by atoms with Crippen LogP contribution in [0.15, 0.2) is 18.2 Å². The van der Waals surface area contributed by atoms with E-state index in [-0.39, 0.29) is 5.91 Å². The van der Waals surface area contributed by atoms with Crippen molar-refractivity contribution in [3.63, 3.8) is 0 Å². The summed E-state index contributed by atoms with van der Waals surface area (Å²) in [6, 6.07) is 4.90. The fourth-order valence-corrected chi connectivity index (χ4v) is 2.57. The van der Waals surface area contributed by atoms with E-state index in [9.17, 15) is 4.79 Å². The minimum absolute atomic E-state index is 0.167. The van der Waals surface area contributed by atoms with Gasteiger partial charge in [-0.05, 0) is 43.4 Å². The van der Waals surface area contributed by atoms with Crippen molar-refractivity contribution in [3.8, 4) is 0 Å². The lowest BCUT2D eigenvalue weighted by atomic mass is 9.97. The molecule has 1 aromatic rings. The smallest absolute Gasteiger partial charge is 0.252 e. The fraction of sp³-hybridized carbons (Fsp3) is 0.500. The van der Waals surface area contributed by atoms with Crippen molar-refractivity contribution in [2.45, 2.75) is 19.3 Å². The van der Waals surface area contributed by atoms with Crippen molar-refractivity contribution in [2.75, 3.05) is 19.8 Å². The summed E-state index contributed by atoms with van der Waals surface area (Å²) in [7, 11) is 0. The number of carbonyl (C=O) groups excluding carboxylic acids is 1. The van der Waals surface area contributed by atoms with Crippen LogP contribution in [0.1, 0.15) is 29.6 Å². The van der Waals surface area contributed by atoms with Gasteiger partial charge in [-0.1, -0.05) is 23.2 Å². The lowest BCUT2D eigenvalue weighted by Crippen LogP contribution is -2.27. The number of amides is 1. The number of ether oxygens (including phenoxy) is 1. The molecule has 1 heterocycles. The Balaban J connectivity index is 1.82. The third kappa shape index (κ3) is 4.37. The second-order valence-electron chi connectivity index (χ2n) is 4.72. The number of benzene rings is 1. The summed E-state index contributed by atoms with van der Waals surface area (Å²) in [6.07, 6.45) is 3.13. The number of hydrogen-bond acceptors (Lipinski definition) is 2. The topological polar surface area (TPSA) is 38.3 Å². The van der Waals surface area contributed by atoms with Crippen LogP contribution in [-0.4, -0.2) is 25.7 Å². The predicted octanol–water partition coefficient (Wildman–Crippen LogP) is 3.54. The molecule has 1 aliphatic heterocycles. The molecule has 0 atom stereocenters. The van der Waals surface area contributed by atoms with Crippen LogP contribution >= 0.6 is 23.2 Å². The largest absolute Gasteiger partial charge is 0.381 e. The summed E-state index contributed by atoms with van der Waals surface area (Å²) < 4.78 is 5.31. The molecule has 0 bridgehead atoms. The van der Waals surface area contributed by atoms with E-state index in [0.717, 1.165) is 32.5 Å². The summed E-state index contributed by atoms with van der Waals surface area (Å²) in [5.74, 6) is 0.475. The standard InChI is InChI=1S/C14H17Cl2NO2/c15-11-1-2-13(16)12(9-11)14(18)17-6-3-10-4-7-19-8-5-10/h1-2,9-10H,3-8H2,(H,17,18). The van der Waals surface area contributed by atoms with E-state index in [0.29, 0.717) is 28.1 Å². The molecular formula is C14H17Cl2NO2. The van der Waals surface area contributed by atoms with Crippen LogP contribution in [0.25, 0.3) is 0 Å². The molecule has 0 unspecified atom stereocenters. The normalized spacial score (nSPS) is 16.3. The Hall–Kier alpha value is -0.770. The van der Waals surface area contributed by atoms with Gasteiger partial charge in [-0.2, -0.15) is 0 Å². The van der Waals surface area contributed by atoms with Gasteiger partial charge in [0.1, 0.15) is 0 Å². The van der Waals surface area contributed by atoms with Crippen LogP contribution in [0.4, 0.5) is 0 Å². The highest BCUT2D eigenvalue weighted by molar-refractivity contribution is 6.35. The van der Waals surface area contributed by atoms with Crippen molar-refractivity contribution in [1.82, 2.24) is 5.32 Å². The third-order valence-electron chi connectivity index (χ3n) is 3.35. The molecule has 0 spiro atoms. The predicted molar refractivity (Wildman–Crippen MR) is 77.0 cm³/mol. The molecule has 104 valence electrons. The first kappa shape index (κ1) is 14.6. The zero-order chi connectivity index (χ0) is 13.7. The highest BCUT2D eigenvalue weighted by Gasteiger charge is 2.15. The summed E-state index contributed by atoms with van der Waals surface area (Å²) in [6.45, 7) is 2.32. The molecule has 0 aromatic heterocycles. The van der Waals surface area contributed by atoms with Crippen molar-refractivity contribution >= 4 is 29.1 Å². The lowest BCUT2D eigenvalue weighted by molar-refractivity contribution is 0.0636. The Labute approximate surface area is 123 Å². The molecule has 1 N–H and O–H groups in total. The molecule has 1 fully saturated rings. The van der Waals surface area contributed by atoms with Gasteiger partial charge in [0.25, 0.3) is 5.91 Å². The third-order valence-corrected chi connectivity index (χ3v) is 3.92. The Morgan fingerprint density at radius 1 is 1.32 bits per heavy atom. The van der Waals surface area contributed by atoms with Crippen LogP contribution in [0.3, 0.4) is 0 Å². The summed E-state index contributed by atoms with van der Waals surface area (Å²) in [5, 5.41) is 3.83. The zero-order valence-electron chi connectivity index (χ0n) is 10.6. The molecule has 2 rings (SSSR count). The van der Waals surface area contributed by atoms with Crippen molar-refractivity contribution in [3.05, 3.63) is 33.8 Å². The van der Waals surface area contributed by atoms with E-state index in [1.165, 1.54) is 0 Å². The Bertz CT molecular complexity index is 445. The van der Waals surface area contributed by atoms with Crippen LogP contribution in [0.5, 0.6) is 0 Å². The van der Waals surface area contributed by atoms with Crippen molar-refractivity contribution in [1.29, 1.82) is 0 Å². The van der Waals surface area contributed by atoms with Gasteiger partial charge in [0.15, 0.2) is 0 Å². The molecule has 1 aliphatic rings. The van der Waals surface area contributed by atoms with Crippen LogP contribution in [-0.2, 0) is 4.74 Å². The number of carbonyl (C=O) groups is 1. The number of nitrogens with one attached hydrogen (secondary N) is 1. The van der Waals surface area contributed by atoms with E-state index < -0.39 is 0 Å². The number of halogens is 2. The molecule has 0 saturated carbocycles. The van der Waals surface area contributed by atoms with Crippen LogP contribution in [0.2, 0.25) is 10.0 Å². The Kier molecular flexibility index (Phi) is 5.49. The van der Waals surface area contributed by atoms with Gasteiger partial charge in [0.05, 0.1) is 10.6 Å². The number of rotatable bonds is 4. The maximum absolute atomic E-state index is 12.0. The lowest BCUT2D eigenvalue weighted by Gasteiger charge is -2.21. The molecule has 0 radical (unpaired) electrons. The SMILES string of the molecule is O=C(NCCC1CCOCC1)c1cc(Cl)ccc1Cl. The van der Waals surface area contributed by atoms with E-state index in [1.807, 2.05) is 0 Å².